The highest BCUT2D eigenvalue weighted by Gasteiger charge is 2.10. The molecule has 5 heteroatoms. The number of H-pyrrole nitrogens is 1. The fourth-order valence-electron chi connectivity index (χ4n) is 1.93. The third-order valence-electron chi connectivity index (χ3n) is 2.94. The predicted octanol–water partition coefficient (Wildman–Crippen LogP) is 4.68. The van der Waals surface area contributed by atoms with Crippen LogP contribution in [0.3, 0.4) is 0 Å². The van der Waals surface area contributed by atoms with Crippen LogP contribution in [0.1, 0.15) is 0 Å². The number of rotatable bonds is 2. The molecule has 100 valence electrons. The van der Waals surface area contributed by atoms with E-state index >= 15 is 0 Å². The van der Waals surface area contributed by atoms with Crippen LogP contribution in [0.25, 0.3) is 22.5 Å². The summed E-state index contributed by atoms with van der Waals surface area (Å²) in [7, 11) is 0. The molecule has 0 atom stereocenters. The molecule has 2 aromatic carbocycles. The summed E-state index contributed by atoms with van der Waals surface area (Å²) in [6, 6.07) is 12.3. The lowest BCUT2D eigenvalue weighted by atomic mass is 10.1. The van der Waals surface area contributed by atoms with E-state index in [9.17, 15) is 8.78 Å². The van der Waals surface area contributed by atoms with Gasteiger partial charge in [0.25, 0.3) is 0 Å². The van der Waals surface area contributed by atoms with E-state index in [2.05, 4.69) is 10.2 Å². The molecular formula is C15H9ClF2N2. The maximum absolute atomic E-state index is 13.7. The normalized spacial score (nSPS) is 10.8. The highest BCUT2D eigenvalue weighted by molar-refractivity contribution is 6.30. The lowest BCUT2D eigenvalue weighted by molar-refractivity contribution is 0.585. The van der Waals surface area contributed by atoms with Crippen molar-refractivity contribution in [3.8, 4) is 22.5 Å². The summed E-state index contributed by atoms with van der Waals surface area (Å²) in [4.78, 5) is 0. The van der Waals surface area contributed by atoms with Gasteiger partial charge in [-0.15, -0.1) is 0 Å². The molecule has 0 radical (unpaired) electrons. The van der Waals surface area contributed by atoms with Crippen molar-refractivity contribution in [2.45, 2.75) is 0 Å². The van der Waals surface area contributed by atoms with Crippen LogP contribution >= 0.6 is 11.6 Å². The van der Waals surface area contributed by atoms with Crippen molar-refractivity contribution in [1.29, 1.82) is 0 Å². The molecule has 0 amide bonds. The Labute approximate surface area is 119 Å². The first-order chi connectivity index (χ1) is 9.63. The Morgan fingerprint density at radius 1 is 0.950 bits per heavy atom. The van der Waals surface area contributed by atoms with Crippen molar-refractivity contribution >= 4 is 11.6 Å². The maximum Gasteiger partial charge on any atom is 0.135 e. The van der Waals surface area contributed by atoms with E-state index in [-0.39, 0.29) is 5.56 Å². The molecule has 0 saturated carbocycles. The van der Waals surface area contributed by atoms with Gasteiger partial charge in [-0.3, -0.25) is 5.10 Å². The molecule has 0 bridgehead atoms. The van der Waals surface area contributed by atoms with Crippen LogP contribution in [0.5, 0.6) is 0 Å². The Hall–Kier alpha value is -2.20. The van der Waals surface area contributed by atoms with Crippen LogP contribution in [0.2, 0.25) is 5.02 Å². The van der Waals surface area contributed by atoms with Crippen LogP contribution < -0.4 is 0 Å². The fourth-order valence-corrected chi connectivity index (χ4v) is 2.06. The van der Waals surface area contributed by atoms with Crippen molar-refractivity contribution in [2.24, 2.45) is 0 Å². The average Bonchev–Trinajstić information content (AvgIpc) is 2.89. The van der Waals surface area contributed by atoms with Gasteiger partial charge < -0.3 is 0 Å². The number of benzene rings is 2. The molecule has 0 spiro atoms. The maximum atomic E-state index is 13.7. The molecule has 3 aromatic rings. The van der Waals surface area contributed by atoms with E-state index < -0.39 is 11.6 Å². The fraction of sp³-hybridized carbons (Fsp3) is 0. The van der Waals surface area contributed by atoms with Gasteiger partial charge in [-0.1, -0.05) is 23.7 Å². The second-order valence-corrected chi connectivity index (χ2v) is 4.73. The summed E-state index contributed by atoms with van der Waals surface area (Å²) in [6.07, 6.45) is 0. The zero-order valence-corrected chi connectivity index (χ0v) is 11.0. The first kappa shape index (κ1) is 12.8. The lowest BCUT2D eigenvalue weighted by Crippen LogP contribution is -1.86. The number of aromatic amines is 1. The van der Waals surface area contributed by atoms with Gasteiger partial charge in [0.1, 0.15) is 11.6 Å². The van der Waals surface area contributed by atoms with Gasteiger partial charge in [-0.05, 0) is 35.9 Å². The Kier molecular flexibility index (Phi) is 3.24. The van der Waals surface area contributed by atoms with Crippen molar-refractivity contribution in [1.82, 2.24) is 10.2 Å². The summed E-state index contributed by atoms with van der Waals surface area (Å²) in [5, 5.41) is 7.52. The first-order valence-corrected chi connectivity index (χ1v) is 6.28. The summed E-state index contributed by atoms with van der Waals surface area (Å²) < 4.78 is 26.6. The third kappa shape index (κ3) is 2.42. The number of nitrogens with zero attached hydrogens (tertiary/aromatic N) is 1. The minimum atomic E-state index is -0.640. The molecule has 0 aliphatic rings. The van der Waals surface area contributed by atoms with Gasteiger partial charge in [0, 0.05) is 16.7 Å². The smallest absolute Gasteiger partial charge is 0.135 e. The molecule has 1 N–H and O–H groups in total. The van der Waals surface area contributed by atoms with Gasteiger partial charge >= 0.3 is 0 Å². The van der Waals surface area contributed by atoms with Gasteiger partial charge in [-0.25, -0.2) is 8.78 Å². The highest BCUT2D eigenvalue weighted by Crippen LogP contribution is 2.26. The largest absolute Gasteiger partial charge is 0.277 e. The van der Waals surface area contributed by atoms with Crippen molar-refractivity contribution in [3.05, 3.63) is 65.2 Å². The zero-order valence-electron chi connectivity index (χ0n) is 10.2. The quantitative estimate of drug-likeness (QED) is 0.729. The SMILES string of the molecule is Fc1ccc(-c2cc(-c3ccc(Cl)cc3)[nH]n2)c(F)c1. The van der Waals surface area contributed by atoms with Crippen LogP contribution in [-0.2, 0) is 0 Å². The van der Waals surface area contributed by atoms with E-state index in [0.717, 1.165) is 17.3 Å². The molecule has 3 rings (SSSR count). The average molecular weight is 291 g/mol. The van der Waals surface area contributed by atoms with E-state index in [1.165, 1.54) is 12.1 Å². The Morgan fingerprint density at radius 3 is 2.40 bits per heavy atom. The molecular weight excluding hydrogens is 282 g/mol. The van der Waals surface area contributed by atoms with E-state index in [0.29, 0.717) is 10.7 Å². The summed E-state index contributed by atoms with van der Waals surface area (Å²) in [5.74, 6) is -1.25. The summed E-state index contributed by atoms with van der Waals surface area (Å²) in [5.41, 5.74) is 2.30. The second kappa shape index (κ2) is 5.06. The van der Waals surface area contributed by atoms with Crippen molar-refractivity contribution < 1.29 is 8.78 Å². The Bertz CT molecular complexity index is 751. The second-order valence-electron chi connectivity index (χ2n) is 4.30. The molecule has 1 aromatic heterocycles. The standard InChI is InChI=1S/C15H9ClF2N2/c16-10-3-1-9(2-4-10)14-8-15(20-19-14)12-6-5-11(17)7-13(12)18/h1-8H,(H,19,20). The van der Waals surface area contributed by atoms with E-state index in [4.69, 9.17) is 11.6 Å². The molecule has 0 unspecified atom stereocenters. The number of halogens is 3. The Morgan fingerprint density at radius 2 is 1.70 bits per heavy atom. The molecule has 2 nitrogen and oxygen atoms in total. The number of nitrogens with one attached hydrogen (secondary N) is 1. The minimum absolute atomic E-state index is 0.253. The highest BCUT2D eigenvalue weighted by atomic mass is 35.5. The molecule has 20 heavy (non-hydrogen) atoms. The third-order valence-corrected chi connectivity index (χ3v) is 3.19. The van der Waals surface area contributed by atoms with Gasteiger partial charge in [0.05, 0.1) is 11.4 Å². The number of hydrogen-bond donors (Lipinski definition) is 1. The number of aromatic nitrogens is 2. The van der Waals surface area contributed by atoms with Crippen molar-refractivity contribution in [3.63, 3.8) is 0 Å². The van der Waals surface area contributed by atoms with Gasteiger partial charge in [-0.2, -0.15) is 5.10 Å². The monoisotopic (exact) mass is 290 g/mol. The summed E-state index contributed by atoms with van der Waals surface area (Å²) in [6.45, 7) is 0. The lowest BCUT2D eigenvalue weighted by Gasteiger charge is -1.98. The Balaban J connectivity index is 1.99. The molecule has 0 aliphatic carbocycles. The molecule has 0 saturated heterocycles. The molecule has 0 aliphatic heterocycles. The molecule has 1 heterocycles. The van der Waals surface area contributed by atoms with E-state index in [1.54, 1.807) is 18.2 Å². The van der Waals surface area contributed by atoms with Crippen LogP contribution in [0, 0.1) is 11.6 Å². The van der Waals surface area contributed by atoms with E-state index in [1.807, 2.05) is 12.1 Å². The van der Waals surface area contributed by atoms with Crippen molar-refractivity contribution in [2.75, 3.05) is 0 Å². The van der Waals surface area contributed by atoms with Crippen LogP contribution in [0.4, 0.5) is 8.78 Å². The zero-order chi connectivity index (χ0) is 14.1. The van der Waals surface area contributed by atoms with Crippen LogP contribution in [-0.4, -0.2) is 10.2 Å². The van der Waals surface area contributed by atoms with Gasteiger partial charge in [0.15, 0.2) is 0 Å². The summed E-state index contributed by atoms with van der Waals surface area (Å²) >= 11 is 5.82. The predicted molar refractivity (Wildman–Crippen MR) is 74.4 cm³/mol. The molecule has 0 fully saturated rings. The van der Waals surface area contributed by atoms with Crippen LogP contribution in [0.15, 0.2) is 48.5 Å². The minimum Gasteiger partial charge on any atom is -0.277 e. The first-order valence-electron chi connectivity index (χ1n) is 5.90. The number of hydrogen-bond acceptors (Lipinski definition) is 1. The van der Waals surface area contributed by atoms with Gasteiger partial charge in [0.2, 0.25) is 0 Å². The topological polar surface area (TPSA) is 28.7 Å².